The molecule has 30 heavy (non-hydrogen) atoms. The molecule has 0 atom stereocenters. The fourth-order valence-corrected chi connectivity index (χ4v) is 3.24. The highest BCUT2D eigenvalue weighted by atomic mass is 16.6. The Bertz CT molecular complexity index is 1180. The Labute approximate surface area is 175 Å². The number of carbonyl (C=O) groups is 1. The van der Waals surface area contributed by atoms with Gasteiger partial charge in [-0.05, 0) is 38.5 Å². The van der Waals surface area contributed by atoms with Gasteiger partial charge in [0, 0.05) is 18.7 Å². The minimum atomic E-state index is -0.613. The number of hydrogen-bond acceptors (Lipinski definition) is 5. The van der Waals surface area contributed by atoms with Gasteiger partial charge in [0.1, 0.15) is 18.0 Å². The van der Waals surface area contributed by atoms with Crippen LogP contribution in [-0.2, 0) is 11.3 Å². The lowest BCUT2D eigenvalue weighted by Crippen LogP contribution is -2.26. The Kier molecular flexibility index (Phi) is 5.08. The Morgan fingerprint density at radius 1 is 1.10 bits per heavy atom. The molecule has 154 valence electrons. The van der Waals surface area contributed by atoms with E-state index in [1.165, 1.54) is 4.57 Å². The van der Waals surface area contributed by atoms with Crippen molar-refractivity contribution in [1.82, 2.24) is 9.55 Å². The topological polar surface area (TPSA) is 66.5 Å². The van der Waals surface area contributed by atoms with Gasteiger partial charge in [0.05, 0.1) is 17.1 Å². The summed E-state index contributed by atoms with van der Waals surface area (Å²) in [6.07, 6.45) is 2.90. The number of hydrogen-bond donors (Lipinski definition) is 0. The molecule has 6 nitrogen and oxygen atoms in total. The van der Waals surface area contributed by atoms with Crippen LogP contribution in [0.4, 0.5) is 4.79 Å². The largest absolute Gasteiger partial charge is 0.488 e. The molecular formula is C24H24N2O4. The molecule has 2 aromatic heterocycles. The summed E-state index contributed by atoms with van der Waals surface area (Å²) in [5.74, 6) is 1.77. The van der Waals surface area contributed by atoms with Gasteiger partial charge in [-0.15, -0.1) is 0 Å². The van der Waals surface area contributed by atoms with E-state index in [1.54, 1.807) is 19.3 Å². The second-order valence-electron chi connectivity index (χ2n) is 8.06. The lowest BCUT2D eigenvalue weighted by molar-refractivity contribution is 0.0544. The second-order valence-corrected chi connectivity index (χ2v) is 8.06. The Balaban J connectivity index is 1.81. The molecule has 0 radical (unpaired) electrons. The third kappa shape index (κ3) is 4.08. The van der Waals surface area contributed by atoms with Crippen LogP contribution in [0.25, 0.3) is 22.2 Å². The molecule has 0 saturated heterocycles. The lowest BCUT2D eigenvalue weighted by Gasteiger charge is -2.19. The van der Waals surface area contributed by atoms with Gasteiger partial charge in [0.15, 0.2) is 11.7 Å². The van der Waals surface area contributed by atoms with E-state index in [2.05, 4.69) is 4.98 Å². The van der Waals surface area contributed by atoms with Crippen molar-refractivity contribution in [2.24, 2.45) is 0 Å². The van der Waals surface area contributed by atoms with Crippen LogP contribution >= 0.6 is 0 Å². The van der Waals surface area contributed by atoms with E-state index in [0.29, 0.717) is 29.5 Å². The molecule has 0 spiro atoms. The van der Waals surface area contributed by atoms with Crippen LogP contribution in [0.5, 0.6) is 5.75 Å². The predicted molar refractivity (Wildman–Crippen MR) is 115 cm³/mol. The summed E-state index contributed by atoms with van der Waals surface area (Å²) in [6.45, 7) is 7.71. The van der Waals surface area contributed by atoms with Crippen LogP contribution in [0.2, 0.25) is 0 Å². The monoisotopic (exact) mass is 404 g/mol. The minimum absolute atomic E-state index is 0.409. The van der Waals surface area contributed by atoms with E-state index in [1.807, 2.05) is 69.3 Å². The molecule has 2 heterocycles. The highest BCUT2D eigenvalue weighted by Crippen LogP contribution is 2.38. The molecule has 0 aliphatic carbocycles. The quantitative estimate of drug-likeness (QED) is 0.419. The van der Waals surface area contributed by atoms with Crippen LogP contribution < -0.4 is 4.74 Å². The van der Waals surface area contributed by atoms with Crippen molar-refractivity contribution in [3.63, 3.8) is 0 Å². The molecule has 4 aromatic rings. The maximum Gasteiger partial charge on any atom is 0.419 e. The first-order chi connectivity index (χ1) is 14.3. The van der Waals surface area contributed by atoms with E-state index >= 15 is 0 Å². The molecule has 0 fully saturated rings. The number of carbonyl (C=O) groups excluding carboxylic acids is 1. The molecule has 0 unspecified atom stereocenters. The highest BCUT2D eigenvalue weighted by molar-refractivity contribution is 6.03. The lowest BCUT2D eigenvalue weighted by atomic mass is 10.1. The molecule has 6 heteroatoms. The van der Waals surface area contributed by atoms with Gasteiger partial charge >= 0.3 is 6.09 Å². The van der Waals surface area contributed by atoms with E-state index < -0.39 is 11.7 Å². The van der Waals surface area contributed by atoms with Crippen LogP contribution in [0.15, 0.2) is 65.3 Å². The predicted octanol–water partition coefficient (Wildman–Crippen LogP) is 5.97. The average Bonchev–Trinajstić information content (AvgIpc) is 3.30. The van der Waals surface area contributed by atoms with Crippen LogP contribution in [-0.4, -0.2) is 21.2 Å². The van der Waals surface area contributed by atoms with E-state index in [9.17, 15) is 4.79 Å². The number of aromatic nitrogens is 2. The third-order valence-corrected chi connectivity index (χ3v) is 4.51. The second kappa shape index (κ2) is 7.71. The smallest absolute Gasteiger partial charge is 0.419 e. The van der Waals surface area contributed by atoms with Crippen LogP contribution in [0.3, 0.4) is 0 Å². The zero-order valence-electron chi connectivity index (χ0n) is 17.5. The molecule has 0 saturated carbocycles. The molecule has 0 N–H and O–H groups in total. The molecule has 0 amide bonds. The molecule has 0 bridgehead atoms. The number of benzene rings is 2. The van der Waals surface area contributed by atoms with Crippen LogP contribution in [0, 0.1) is 6.92 Å². The number of aryl methyl sites for hydroxylation is 1. The molecular weight excluding hydrogens is 380 g/mol. The molecule has 2 aromatic carbocycles. The number of fused-ring (bicyclic) bond motifs is 1. The van der Waals surface area contributed by atoms with Crippen molar-refractivity contribution in [2.45, 2.75) is 39.9 Å². The average molecular weight is 404 g/mol. The van der Waals surface area contributed by atoms with Crippen molar-refractivity contribution in [3.05, 3.63) is 72.4 Å². The number of oxazole rings is 1. The van der Waals surface area contributed by atoms with Gasteiger partial charge < -0.3 is 13.9 Å². The van der Waals surface area contributed by atoms with E-state index in [4.69, 9.17) is 13.9 Å². The van der Waals surface area contributed by atoms with Crippen molar-refractivity contribution < 1.29 is 18.7 Å². The van der Waals surface area contributed by atoms with Crippen molar-refractivity contribution in [1.29, 1.82) is 0 Å². The molecule has 0 aliphatic rings. The summed E-state index contributed by atoms with van der Waals surface area (Å²) >= 11 is 0. The highest BCUT2D eigenvalue weighted by Gasteiger charge is 2.24. The zero-order valence-corrected chi connectivity index (χ0v) is 17.5. The number of rotatable bonds is 4. The van der Waals surface area contributed by atoms with Crippen molar-refractivity contribution in [2.75, 3.05) is 0 Å². The van der Waals surface area contributed by atoms with Gasteiger partial charge in [-0.3, -0.25) is 4.57 Å². The standard InChI is InChI=1S/C24H24N2O4/c1-16-25-13-21(29-16)18-14-26(23(27)30-24(2,3)4)19-11-8-12-20(22(18)19)28-15-17-9-6-5-7-10-17/h5-14H,15H2,1-4H3. The summed E-state index contributed by atoms with van der Waals surface area (Å²) in [6, 6.07) is 15.5. The van der Waals surface area contributed by atoms with Crippen molar-refractivity contribution in [3.8, 4) is 17.1 Å². The Morgan fingerprint density at radius 2 is 1.87 bits per heavy atom. The third-order valence-electron chi connectivity index (χ3n) is 4.51. The minimum Gasteiger partial charge on any atom is -0.488 e. The summed E-state index contributed by atoms with van der Waals surface area (Å²) < 4.78 is 19.0. The van der Waals surface area contributed by atoms with Crippen LogP contribution in [0.1, 0.15) is 32.2 Å². The normalized spacial score (nSPS) is 11.6. The van der Waals surface area contributed by atoms with E-state index in [0.717, 1.165) is 16.5 Å². The van der Waals surface area contributed by atoms with E-state index in [-0.39, 0.29) is 0 Å². The first-order valence-electron chi connectivity index (χ1n) is 9.79. The summed E-state index contributed by atoms with van der Waals surface area (Å²) in [5.41, 5.74) is 1.84. The molecule has 0 aliphatic heterocycles. The maximum atomic E-state index is 12.9. The van der Waals surface area contributed by atoms with Gasteiger partial charge in [0.25, 0.3) is 0 Å². The van der Waals surface area contributed by atoms with Gasteiger partial charge in [-0.25, -0.2) is 9.78 Å². The number of ether oxygens (including phenoxy) is 2. The summed E-state index contributed by atoms with van der Waals surface area (Å²) in [5, 5.41) is 0.774. The number of nitrogens with zero attached hydrogens (tertiary/aromatic N) is 2. The zero-order chi connectivity index (χ0) is 21.3. The van der Waals surface area contributed by atoms with Gasteiger partial charge in [-0.2, -0.15) is 0 Å². The fraction of sp³-hybridized carbons (Fsp3) is 0.250. The van der Waals surface area contributed by atoms with Crippen molar-refractivity contribution >= 4 is 17.0 Å². The Hall–Kier alpha value is -3.54. The molecule has 4 rings (SSSR count). The first-order valence-corrected chi connectivity index (χ1v) is 9.79. The first kappa shape index (κ1) is 19.8. The van der Waals surface area contributed by atoms with Gasteiger partial charge in [0.2, 0.25) is 0 Å². The summed E-state index contributed by atoms with van der Waals surface area (Å²) in [7, 11) is 0. The maximum absolute atomic E-state index is 12.9. The Morgan fingerprint density at radius 3 is 2.53 bits per heavy atom. The van der Waals surface area contributed by atoms with Gasteiger partial charge in [-0.1, -0.05) is 36.4 Å². The summed E-state index contributed by atoms with van der Waals surface area (Å²) in [4.78, 5) is 17.1. The fourth-order valence-electron chi connectivity index (χ4n) is 3.24. The SMILES string of the molecule is Cc1ncc(-c2cn(C(=O)OC(C)(C)C)c3cccc(OCc4ccccc4)c23)o1.